The lowest BCUT2D eigenvalue weighted by Gasteiger charge is -2.24. The Bertz CT molecular complexity index is 436. The number of methoxy groups -OCH3 is 1. The van der Waals surface area contributed by atoms with Crippen LogP contribution in [-0.4, -0.2) is 24.4 Å². The molecule has 1 aromatic carbocycles. The van der Waals surface area contributed by atoms with Gasteiger partial charge in [0.15, 0.2) is 5.71 Å². The van der Waals surface area contributed by atoms with E-state index in [0.29, 0.717) is 5.56 Å². The molecular formula is C15H21NO3. The van der Waals surface area contributed by atoms with Crippen molar-refractivity contribution in [2.45, 2.75) is 39.2 Å². The van der Waals surface area contributed by atoms with Gasteiger partial charge in [-0.25, -0.2) is 4.79 Å². The van der Waals surface area contributed by atoms with E-state index >= 15 is 0 Å². The highest BCUT2D eigenvalue weighted by molar-refractivity contribution is 6.43. The van der Waals surface area contributed by atoms with Gasteiger partial charge in [0.1, 0.15) is 5.60 Å². The second kappa shape index (κ2) is 6.92. The van der Waals surface area contributed by atoms with Crippen LogP contribution in [0.25, 0.3) is 0 Å². The molecule has 0 heterocycles. The Hall–Kier alpha value is -1.84. The van der Waals surface area contributed by atoms with Crippen molar-refractivity contribution in [3.63, 3.8) is 0 Å². The van der Waals surface area contributed by atoms with E-state index in [9.17, 15) is 4.79 Å². The zero-order valence-electron chi connectivity index (χ0n) is 12.0. The number of oxime groups is 1. The highest BCUT2D eigenvalue weighted by atomic mass is 16.7. The lowest BCUT2D eigenvalue weighted by molar-refractivity contribution is -0.133. The zero-order chi connectivity index (χ0) is 14.3. The minimum absolute atomic E-state index is 0.191. The van der Waals surface area contributed by atoms with E-state index in [-0.39, 0.29) is 11.3 Å². The van der Waals surface area contributed by atoms with E-state index in [4.69, 9.17) is 9.57 Å². The Morgan fingerprint density at radius 1 is 1.21 bits per heavy atom. The monoisotopic (exact) mass is 263 g/mol. The van der Waals surface area contributed by atoms with Crippen LogP contribution in [0.5, 0.6) is 0 Å². The van der Waals surface area contributed by atoms with E-state index in [1.54, 1.807) is 12.1 Å². The number of nitrogens with zero attached hydrogens (tertiary/aromatic N) is 1. The van der Waals surface area contributed by atoms with Crippen LogP contribution in [0, 0.1) is 0 Å². The minimum atomic E-state index is -0.499. The predicted molar refractivity (Wildman–Crippen MR) is 75.1 cm³/mol. The summed E-state index contributed by atoms with van der Waals surface area (Å²) in [4.78, 5) is 17.3. The lowest BCUT2D eigenvalue weighted by atomic mass is 10.0. The van der Waals surface area contributed by atoms with Crippen molar-refractivity contribution in [1.29, 1.82) is 0 Å². The molecular weight excluding hydrogens is 242 g/mol. The molecule has 0 atom stereocenters. The minimum Gasteiger partial charge on any atom is -0.464 e. The Balaban J connectivity index is 3.02. The number of ether oxygens (including phenoxy) is 1. The third-order valence-corrected chi connectivity index (χ3v) is 3.28. The average Bonchev–Trinajstić information content (AvgIpc) is 2.48. The van der Waals surface area contributed by atoms with E-state index in [1.807, 2.05) is 39.0 Å². The first kappa shape index (κ1) is 15.2. The fourth-order valence-corrected chi connectivity index (χ4v) is 1.44. The molecule has 0 spiro atoms. The van der Waals surface area contributed by atoms with Crippen molar-refractivity contribution >= 4 is 11.7 Å². The zero-order valence-corrected chi connectivity index (χ0v) is 12.0. The van der Waals surface area contributed by atoms with Gasteiger partial charge in [0, 0.05) is 5.56 Å². The number of carbonyl (C=O) groups excluding carboxylic acids is 1. The Morgan fingerprint density at radius 2 is 1.79 bits per heavy atom. The maximum atomic E-state index is 11.8. The molecule has 4 heteroatoms. The molecule has 0 saturated heterocycles. The van der Waals surface area contributed by atoms with Crippen LogP contribution >= 0.6 is 0 Å². The molecule has 0 aromatic heterocycles. The van der Waals surface area contributed by atoms with E-state index in [0.717, 1.165) is 12.8 Å². The normalized spacial score (nSPS) is 12.1. The number of hydrogen-bond donors (Lipinski definition) is 0. The van der Waals surface area contributed by atoms with Crippen molar-refractivity contribution in [3.05, 3.63) is 35.9 Å². The first-order chi connectivity index (χ1) is 9.06. The average molecular weight is 263 g/mol. The fraction of sp³-hybridized carbons (Fsp3) is 0.467. The van der Waals surface area contributed by atoms with Crippen LogP contribution in [0.2, 0.25) is 0 Å². The Kier molecular flexibility index (Phi) is 5.55. The maximum Gasteiger partial charge on any atom is 0.360 e. The quantitative estimate of drug-likeness (QED) is 0.450. The van der Waals surface area contributed by atoms with Crippen LogP contribution < -0.4 is 0 Å². The van der Waals surface area contributed by atoms with Crippen molar-refractivity contribution in [2.24, 2.45) is 5.16 Å². The smallest absolute Gasteiger partial charge is 0.360 e. The van der Waals surface area contributed by atoms with Gasteiger partial charge in [-0.3, -0.25) is 0 Å². The van der Waals surface area contributed by atoms with Crippen molar-refractivity contribution in [2.75, 3.05) is 7.11 Å². The first-order valence-electron chi connectivity index (χ1n) is 6.46. The van der Waals surface area contributed by atoms with Crippen molar-refractivity contribution in [3.8, 4) is 0 Å². The van der Waals surface area contributed by atoms with E-state index < -0.39 is 5.97 Å². The third-order valence-electron chi connectivity index (χ3n) is 3.28. The van der Waals surface area contributed by atoms with Crippen LogP contribution in [0.15, 0.2) is 35.5 Å². The summed E-state index contributed by atoms with van der Waals surface area (Å²) >= 11 is 0. The van der Waals surface area contributed by atoms with Crippen molar-refractivity contribution in [1.82, 2.24) is 0 Å². The molecule has 4 nitrogen and oxygen atoms in total. The summed E-state index contributed by atoms with van der Waals surface area (Å²) in [5.74, 6) is -0.499. The van der Waals surface area contributed by atoms with Gasteiger partial charge in [0.05, 0.1) is 7.11 Å². The van der Waals surface area contributed by atoms with E-state index in [1.165, 1.54) is 7.11 Å². The second-order valence-corrected chi connectivity index (χ2v) is 4.55. The van der Waals surface area contributed by atoms with Gasteiger partial charge >= 0.3 is 5.97 Å². The fourth-order valence-electron chi connectivity index (χ4n) is 1.44. The molecule has 0 bridgehead atoms. The molecule has 0 unspecified atom stereocenters. The van der Waals surface area contributed by atoms with Gasteiger partial charge in [-0.1, -0.05) is 49.3 Å². The largest absolute Gasteiger partial charge is 0.464 e. The Labute approximate surface area is 114 Å². The molecule has 0 aliphatic rings. The summed E-state index contributed by atoms with van der Waals surface area (Å²) in [7, 11) is 1.33. The Morgan fingerprint density at radius 3 is 2.26 bits per heavy atom. The summed E-state index contributed by atoms with van der Waals surface area (Å²) in [5, 5.41) is 4.02. The highest BCUT2D eigenvalue weighted by Crippen LogP contribution is 2.20. The van der Waals surface area contributed by atoms with Crippen LogP contribution in [-0.2, 0) is 14.4 Å². The molecule has 1 aromatic rings. The molecule has 104 valence electrons. The standard InChI is InChI=1S/C15H21NO3/c1-5-15(3,6-2)19-16-13(14(17)18-4)12-10-8-7-9-11-12/h7-11H,5-6H2,1-4H3. The van der Waals surface area contributed by atoms with E-state index in [2.05, 4.69) is 5.16 Å². The summed E-state index contributed by atoms with van der Waals surface area (Å²) < 4.78 is 4.75. The van der Waals surface area contributed by atoms with Gasteiger partial charge in [0.2, 0.25) is 0 Å². The number of carbonyl (C=O) groups is 1. The van der Waals surface area contributed by atoms with Crippen molar-refractivity contribution < 1.29 is 14.4 Å². The topological polar surface area (TPSA) is 47.9 Å². The lowest BCUT2D eigenvalue weighted by Crippen LogP contribution is -2.26. The molecule has 0 radical (unpaired) electrons. The molecule has 19 heavy (non-hydrogen) atoms. The van der Waals surface area contributed by atoms with Crippen LogP contribution in [0.4, 0.5) is 0 Å². The molecule has 0 saturated carbocycles. The summed E-state index contributed by atoms with van der Waals surface area (Å²) in [6.07, 6.45) is 1.63. The second-order valence-electron chi connectivity index (χ2n) is 4.55. The molecule has 0 fully saturated rings. The number of hydrogen-bond acceptors (Lipinski definition) is 4. The maximum absolute atomic E-state index is 11.8. The number of rotatable bonds is 6. The SMILES string of the molecule is CCC(C)(CC)ON=C(C(=O)OC)c1ccccc1. The molecule has 0 amide bonds. The van der Waals surface area contributed by atoms with Gasteiger partial charge in [-0.05, 0) is 19.8 Å². The third kappa shape index (κ3) is 4.09. The molecule has 1 rings (SSSR count). The predicted octanol–water partition coefficient (Wildman–Crippen LogP) is 3.16. The van der Waals surface area contributed by atoms with Crippen LogP contribution in [0.3, 0.4) is 0 Å². The van der Waals surface area contributed by atoms with Gasteiger partial charge < -0.3 is 9.57 Å². The molecule has 0 aliphatic heterocycles. The van der Waals surface area contributed by atoms with Gasteiger partial charge in [-0.2, -0.15) is 0 Å². The van der Waals surface area contributed by atoms with Crippen LogP contribution in [0.1, 0.15) is 39.2 Å². The first-order valence-corrected chi connectivity index (χ1v) is 6.46. The highest BCUT2D eigenvalue weighted by Gasteiger charge is 2.23. The van der Waals surface area contributed by atoms with Gasteiger partial charge in [-0.15, -0.1) is 0 Å². The number of esters is 1. The summed E-state index contributed by atoms with van der Waals surface area (Å²) in [6.45, 7) is 6.02. The number of benzene rings is 1. The molecule has 0 aliphatic carbocycles. The van der Waals surface area contributed by atoms with Gasteiger partial charge in [0.25, 0.3) is 0 Å². The summed E-state index contributed by atoms with van der Waals surface area (Å²) in [6, 6.07) is 9.16. The summed E-state index contributed by atoms with van der Waals surface area (Å²) in [5.41, 5.74) is 0.508. The molecule has 0 N–H and O–H groups in total.